The van der Waals surface area contributed by atoms with Crippen LogP contribution in [0.15, 0.2) is 41.8 Å². The monoisotopic (exact) mass is 315 g/mol. The largest absolute Gasteiger partial charge is 0.497 e. The number of amides is 1. The van der Waals surface area contributed by atoms with E-state index in [0.717, 1.165) is 16.8 Å². The van der Waals surface area contributed by atoms with E-state index in [1.807, 2.05) is 24.3 Å². The second-order valence-corrected chi connectivity index (χ2v) is 5.39. The first-order chi connectivity index (χ1) is 10.7. The van der Waals surface area contributed by atoms with E-state index in [-0.39, 0.29) is 11.7 Å². The first-order valence-corrected chi connectivity index (χ1v) is 7.42. The van der Waals surface area contributed by atoms with Crippen LogP contribution in [-0.4, -0.2) is 38.5 Å². The first kappa shape index (κ1) is 14.3. The Morgan fingerprint density at radius 1 is 1.32 bits per heavy atom. The van der Waals surface area contributed by atoms with Gasteiger partial charge >= 0.3 is 0 Å². The fraction of sp³-hybridized carbons (Fsp3) is 0.143. The smallest absolute Gasteiger partial charge is 0.227 e. The van der Waals surface area contributed by atoms with E-state index in [9.17, 15) is 4.79 Å². The van der Waals surface area contributed by atoms with E-state index in [0.29, 0.717) is 10.7 Å². The van der Waals surface area contributed by atoms with Gasteiger partial charge in [0.05, 0.1) is 30.1 Å². The average Bonchev–Trinajstić information content (AvgIpc) is 2.97. The van der Waals surface area contributed by atoms with Crippen LogP contribution in [0.5, 0.6) is 5.75 Å². The summed E-state index contributed by atoms with van der Waals surface area (Å²) >= 11 is 1.27. The Bertz CT molecular complexity index is 816. The van der Waals surface area contributed by atoms with Crippen molar-refractivity contribution < 1.29 is 9.53 Å². The summed E-state index contributed by atoms with van der Waals surface area (Å²) in [5, 5.41) is 5.82. The number of aromatic nitrogens is 4. The number of carbonyl (C=O) groups excluding carboxylic acids is 1. The lowest BCUT2D eigenvalue weighted by Crippen LogP contribution is -2.13. The Morgan fingerprint density at radius 3 is 2.77 bits per heavy atom. The zero-order valence-corrected chi connectivity index (χ0v) is 12.6. The Morgan fingerprint density at radius 2 is 2.09 bits per heavy atom. The van der Waals surface area contributed by atoms with Crippen molar-refractivity contribution in [3.8, 4) is 11.4 Å². The molecule has 0 radical (unpaired) electrons. The molecule has 0 aliphatic heterocycles. The number of hydrogen-bond donors (Lipinski definition) is 1. The molecule has 2 heterocycles. The van der Waals surface area contributed by atoms with E-state index in [2.05, 4.69) is 15.1 Å². The number of hydrogen-bond acceptors (Lipinski definition) is 6. The molecule has 7 nitrogen and oxygen atoms in total. The number of methoxy groups -OCH3 is 1. The summed E-state index contributed by atoms with van der Waals surface area (Å²) in [4.78, 5) is 19.4. The minimum atomic E-state index is -0.390. The van der Waals surface area contributed by atoms with E-state index in [1.165, 1.54) is 18.1 Å². The molecule has 0 aliphatic carbocycles. The lowest BCUT2D eigenvalue weighted by Gasteiger charge is -2.05. The molecule has 3 rings (SSSR count). The minimum Gasteiger partial charge on any atom is -0.497 e. The summed E-state index contributed by atoms with van der Waals surface area (Å²) in [6.45, 7) is 0. The maximum absolute atomic E-state index is 10.9. The molecule has 0 unspecified atom stereocenters. The number of thioether (sulfide) groups is 1. The van der Waals surface area contributed by atoms with Gasteiger partial charge in [0.15, 0.2) is 5.65 Å². The highest BCUT2D eigenvalue weighted by Gasteiger charge is 2.12. The van der Waals surface area contributed by atoms with Crippen LogP contribution in [0.1, 0.15) is 0 Å². The van der Waals surface area contributed by atoms with Crippen molar-refractivity contribution in [3.05, 3.63) is 36.8 Å². The van der Waals surface area contributed by atoms with Crippen LogP contribution in [0.4, 0.5) is 0 Å². The van der Waals surface area contributed by atoms with Gasteiger partial charge in [-0.3, -0.25) is 4.79 Å². The molecule has 0 spiro atoms. The molecule has 1 aromatic carbocycles. The molecule has 0 aliphatic rings. The fourth-order valence-electron chi connectivity index (χ4n) is 1.99. The maximum atomic E-state index is 10.9. The number of benzene rings is 1. The average molecular weight is 315 g/mol. The topological polar surface area (TPSA) is 95.9 Å². The van der Waals surface area contributed by atoms with Crippen molar-refractivity contribution in [2.24, 2.45) is 5.73 Å². The maximum Gasteiger partial charge on any atom is 0.227 e. The van der Waals surface area contributed by atoms with Gasteiger partial charge in [-0.2, -0.15) is 5.10 Å². The van der Waals surface area contributed by atoms with Crippen molar-refractivity contribution in [3.63, 3.8) is 0 Å². The van der Waals surface area contributed by atoms with Crippen LogP contribution in [0.2, 0.25) is 0 Å². The molecule has 112 valence electrons. The summed E-state index contributed by atoms with van der Waals surface area (Å²) in [7, 11) is 1.62. The zero-order valence-electron chi connectivity index (χ0n) is 11.8. The van der Waals surface area contributed by atoms with Crippen LogP contribution >= 0.6 is 11.8 Å². The molecule has 0 saturated carbocycles. The molecule has 3 aromatic rings. The molecule has 2 N–H and O–H groups in total. The molecular weight excluding hydrogens is 302 g/mol. The van der Waals surface area contributed by atoms with Crippen LogP contribution in [-0.2, 0) is 4.79 Å². The number of fused-ring (bicyclic) bond motifs is 1. The summed E-state index contributed by atoms with van der Waals surface area (Å²) in [5.41, 5.74) is 6.71. The molecule has 0 saturated heterocycles. The summed E-state index contributed by atoms with van der Waals surface area (Å²) < 4.78 is 6.86. The quantitative estimate of drug-likeness (QED) is 0.565. The van der Waals surface area contributed by atoms with Crippen LogP contribution in [0.25, 0.3) is 16.7 Å². The van der Waals surface area contributed by atoms with Gasteiger partial charge in [0.1, 0.15) is 17.1 Å². The van der Waals surface area contributed by atoms with Gasteiger partial charge in [-0.15, -0.1) is 0 Å². The number of primary amides is 1. The van der Waals surface area contributed by atoms with Gasteiger partial charge in [-0.1, -0.05) is 11.8 Å². The van der Waals surface area contributed by atoms with Gasteiger partial charge in [-0.05, 0) is 24.3 Å². The van der Waals surface area contributed by atoms with E-state index >= 15 is 0 Å². The number of nitrogens with two attached hydrogens (primary N) is 1. The van der Waals surface area contributed by atoms with Crippen LogP contribution < -0.4 is 10.5 Å². The first-order valence-electron chi connectivity index (χ1n) is 6.43. The number of ether oxygens (including phenoxy) is 1. The SMILES string of the molecule is COc1ccc(-n2ncc3c(SCC(N)=O)ncnc32)cc1. The van der Waals surface area contributed by atoms with Crippen molar-refractivity contribution in [2.75, 3.05) is 12.9 Å². The normalized spacial score (nSPS) is 10.8. The van der Waals surface area contributed by atoms with Gasteiger partial charge in [0.25, 0.3) is 0 Å². The molecule has 0 bridgehead atoms. The minimum absolute atomic E-state index is 0.166. The summed E-state index contributed by atoms with van der Waals surface area (Å²) in [5.74, 6) is 0.548. The van der Waals surface area contributed by atoms with Crippen LogP contribution in [0, 0.1) is 0 Å². The van der Waals surface area contributed by atoms with Gasteiger partial charge in [0, 0.05) is 0 Å². The van der Waals surface area contributed by atoms with Crippen molar-refractivity contribution in [2.45, 2.75) is 5.03 Å². The van der Waals surface area contributed by atoms with Crippen molar-refractivity contribution >= 4 is 28.7 Å². The predicted octanol–water partition coefficient (Wildman–Crippen LogP) is 1.40. The molecule has 8 heteroatoms. The predicted molar refractivity (Wildman–Crippen MR) is 83.1 cm³/mol. The number of carbonyl (C=O) groups is 1. The van der Waals surface area contributed by atoms with E-state index in [4.69, 9.17) is 10.5 Å². The third-order valence-corrected chi connectivity index (χ3v) is 4.03. The van der Waals surface area contributed by atoms with Crippen molar-refractivity contribution in [1.29, 1.82) is 0 Å². The Balaban J connectivity index is 2.00. The molecule has 22 heavy (non-hydrogen) atoms. The Hall–Kier alpha value is -2.61. The molecule has 0 fully saturated rings. The van der Waals surface area contributed by atoms with Crippen LogP contribution in [0.3, 0.4) is 0 Å². The van der Waals surface area contributed by atoms with Gasteiger partial charge < -0.3 is 10.5 Å². The highest BCUT2D eigenvalue weighted by molar-refractivity contribution is 8.00. The Labute approximate surface area is 130 Å². The van der Waals surface area contributed by atoms with Gasteiger partial charge in [0.2, 0.25) is 5.91 Å². The Kier molecular flexibility index (Phi) is 3.92. The molecular formula is C14H13N5O2S. The third-order valence-electron chi connectivity index (χ3n) is 3.00. The van der Waals surface area contributed by atoms with Crippen molar-refractivity contribution in [1.82, 2.24) is 19.7 Å². The van der Waals surface area contributed by atoms with E-state index in [1.54, 1.807) is 18.0 Å². The summed E-state index contributed by atoms with van der Waals surface area (Å²) in [6.07, 6.45) is 3.14. The zero-order chi connectivity index (χ0) is 15.5. The highest BCUT2D eigenvalue weighted by Crippen LogP contribution is 2.26. The number of nitrogens with zero attached hydrogens (tertiary/aromatic N) is 4. The number of rotatable bonds is 5. The molecule has 0 atom stereocenters. The molecule has 1 amide bonds. The van der Waals surface area contributed by atoms with E-state index < -0.39 is 0 Å². The second-order valence-electron chi connectivity index (χ2n) is 4.43. The fourth-order valence-corrected chi connectivity index (χ4v) is 2.69. The highest BCUT2D eigenvalue weighted by atomic mass is 32.2. The summed E-state index contributed by atoms with van der Waals surface area (Å²) in [6, 6.07) is 7.49. The lowest BCUT2D eigenvalue weighted by molar-refractivity contribution is -0.115. The standard InChI is InChI=1S/C14H13N5O2S/c1-21-10-4-2-9(3-5-10)19-13-11(6-18-19)14(17-8-16-13)22-7-12(15)20/h2-6,8H,7H2,1H3,(H2,15,20). The molecule has 2 aromatic heterocycles. The lowest BCUT2D eigenvalue weighted by atomic mass is 10.3. The van der Waals surface area contributed by atoms with Gasteiger partial charge in [-0.25, -0.2) is 14.6 Å². The second kappa shape index (κ2) is 6.02. The third kappa shape index (κ3) is 2.73.